The van der Waals surface area contributed by atoms with Crippen molar-refractivity contribution >= 4 is 11.7 Å². The van der Waals surface area contributed by atoms with Gasteiger partial charge in [0.1, 0.15) is 5.54 Å². The fraction of sp³-hybridized carbons (Fsp3) is 0.400. The average Bonchev–Trinajstić information content (AvgIpc) is 2.12. The van der Waals surface area contributed by atoms with E-state index in [1.165, 1.54) is 0 Å². The summed E-state index contributed by atoms with van der Waals surface area (Å²) >= 11 is 0. The van der Waals surface area contributed by atoms with Crippen LogP contribution in [0.3, 0.4) is 0 Å². The highest BCUT2D eigenvalue weighted by Crippen LogP contribution is 2.35. The van der Waals surface area contributed by atoms with E-state index >= 15 is 0 Å². The van der Waals surface area contributed by atoms with Crippen LogP contribution >= 0.6 is 0 Å². The number of pyridine rings is 1. The van der Waals surface area contributed by atoms with Crippen LogP contribution in [0.4, 0.5) is 5.69 Å². The summed E-state index contributed by atoms with van der Waals surface area (Å²) in [7, 11) is 0. The minimum Gasteiger partial charge on any atom is -0.480 e. The first-order chi connectivity index (χ1) is 6.73. The lowest BCUT2D eigenvalue weighted by Gasteiger charge is -2.39. The zero-order valence-electron chi connectivity index (χ0n) is 7.73. The van der Waals surface area contributed by atoms with Crippen molar-refractivity contribution in [2.24, 2.45) is 0 Å². The van der Waals surface area contributed by atoms with Gasteiger partial charge in [0, 0.05) is 18.1 Å². The number of aromatic nitrogens is 1. The number of carboxylic acids is 1. The summed E-state index contributed by atoms with van der Waals surface area (Å²) in [5.41, 5.74) is 0.0866. The first-order valence-corrected chi connectivity index (χ1v) is 4.65. The first-order valence-electron chi connectivity index (χ1n) is 4.65. The minimum absolute atomic E-state index is 0.699. The van der Waals surface area contributed by atoms with Crippen molar-refractivity contribution in [3.8, 4) is 0 Å². The highest BCUT2D eigenvalue weighted by molar-refractivity contribution is 5.83. The standard InChI is InChI=1S/C10H12N2O2/c13-9(14)10(4-1-5-10)12-8-2-6-11-7-3-8/h2-3,6-7H,1,4-5H2,(H,11,12)(H,13,14). The Hall–Kier alpha value is -1.58. The molecule has 2 N–H and O–H groups in total. The Morgan fingerprint density at radius 2 is 2.07 bits per heavy atom. The van der Waals surface area contributed by atoms with Gasteiger partial charge in [0.25, 0.3) is 0 Å². The van der Waals surface area contributed by atoms with Crippen LogP contribution in [0.5, 0.6) is 0 Å². The Morgan fingerprint density at radius 3 is 2.50 bits per heavy atom. The number of nitrogens with zero attached hydrogens (tertiary/aromatic N) is 1. The number of anilines is 1. The molecule has 1 saturated carbocycles. The van der Waals surface area contributed by atoms with Crippen molar-refractivity contribution in [2.45, 2.75) is 24.8 Å². The maximum atomic E-state index is 11.0. The largest absolute Gasteiger partial charge is 0.480 e. The van der Waals surface area contributed by atoms with E-state index in [0.29, 0.717) is 12.8 Å². The molecular formula is C10H12N2O2. The third-order valence-corrected chi connectivity index (χ3v) is 2.68. The summed E-state index contributed by atoms with van der Waals surface area (Å²) in [6, 6.07) is 3.56. The smallest absolute Gasteiger partial charge is 0.329 e. The molecule has 14 heavy (non-hydrogen) atoms. The van der Waals surface area contributed by atoms with Crippen LogP contribution in [0.2, 0.25) is 0 Å². The molecule has 1 aliphatic rings. The van der Waals surface area contributed by atoms with Gasteiger partial charge in [0.15, 0.2) is 0 Å². The summed E-state index contributed by atoms with van der Waals surface area (Å²) in [5, 5.41) is 12.1. The van der Waals surface area contributed by atoms with Gasteiger partial charge in [0.05, 0.1) is 0 Å². The summed E-state index contributed by atoms with van der Waals surface area (Å²) < 4.78 is 0. The fourth-order valence-corrected chi connectivity index (χ4v) is 1.63. The van der Waals surface area contributed by atoms with Gasteiger partial charge in [0.2, 0.25) is 0 Å². The number of nitrogens with one attached hydrogen (secondary N) is 1. The number of carbonyl (C=O) groups is 1. The van der Waals surface area contributed by atoms with Crippen molar-refractivity contribution in [1.82, 2.24) is 4.98 Å². The molecular weight excluding hydrogens is 180 g/mol. The second-order valence-electron chi connectivity index (χ2n) is 3.60. The molecule has 1 heterocycles. The zero-order chi connectivity index (χ0) is 10.0. The van der Waals surface area contributed by atoms with E-state index in [9.17, 15) is 4.79 Å². The second kappa shape index (κ2) is 3.29. The molecule has 1 aliphatic carbocycles. The highest BCUT2D eigenvalue weighted by atomic mass is 16.4. The van der Waals surface area contributed by atoms with Crippen LogP contribution in [-0.2, 0) is 4.79 Å². The van der Waals surface area contributed by atoms with E-state index in [2.05, 4.69) is 10.3 Å². The molecule has 0 bridgehead atoms. The molecule has 0 unspecified atom stereocenters. The highest BCUT2D eigenvalue weighted by Gasteiger charge is 2.44. The average molecular weight is 192 g/mol. The maximum absolute atomic E-state index is 11.0. The SMILES string of the molecule is O=C(O)C1(Nc2ccncc2)CCC1. The molecule has 0 aromatic carbocycles. The molecule has 74 valence electrons. The molecule has 0 spiro atoms. The van der Waals surface area contributed by atoms with Crippen LogP contribution in [0.1, 0.15) is 19.3 Å². The van der Waals surface area contributed by atoms with Gasteiger partial charge in [-0.05, 0) is 31.4 Å². The third kappa shape index (κ3) is 1.43. The summed E-state index contributed by atoms with van der Waals surface area (Å²) in [6.07, 6.45) is 5.67. The molecule has 4 heteroatoms. The van der Waals surface area contributed by atoms with Gasteiger partial charge in [-0.2, -0.15) is 0 Å². The van der Waals surface area contributed by atoms with E-state index < -0.39 is 11.5 Å². The van der Waals surface area contributed by atoms with Crippen molar-refractivity contribution < 1.29 is 9.90 Å². The second-order valence-corrected chi connectivity index (χ2v) is 3.60. The number of hydrogen-bond acceptors (Lipinski definition) is 3. The van der Waals surface area contributed by atoms with E-state index in [1.807, 2.05) is 0 Å². The number of rotatable bonds is 3. The molecule has 1 aromatic heterocycles. The molecule has 0 saturated heterocycles. The lowest BCUT2D eigenvalue weighted by atomic mass is 9.76. The van der Waals surface area contributed by atoms with E-state index in [4.69, 9.17) is 5.11 Å². The van der Waals surface area contributed by atoms with Gasteiger partial charge in [-0.3, -0.25) is 4.98 Å². The quantitative estimate of drug-likeness (QED) is 0.761. The molecule has 4 nitrogen and oxygen atoms in total. The monoisotopic (exact) mass is 192 g/mol. The zero-order valence-corrected chi connectivity index (χ0v) is 7.73. The van der Waals surface area contributed by atoms with E-state index in [1.54, 1.807) is 24.5 Å². The molecule has 0 amide bonds. The van der Waals surface area contributed by atoms with Gasteiger partial charge in [-0.1, -0.05) is 0 Å². The first kappa shape index (κ1) is 8.99. The van der Waals surface area contributed by atoms with Crippen LogP contribution in [0.15, 0.2) is 24.5 Å². The Bertz CT molecular complexity index is 333. The van der Waals surface area contributed by atoms with Gasteiger partial charge >= 0.3 is 5.97 Å². The van der Waals surface area contributed by atoms with Gasteiger partial charge < -0.3 is 10.4 Å². The third-order valence-electron chi connectivity index (χ3n) is 2.68. The predicted octanol–water partition coefficient (Wildman–Crippen LogP) is 1.50. The van der Waals surface area contributed by atoms with Crippen LogP contribution in [-0.4, -0.2) is 21.6 Å². The molecule has 0 radical (unpaired) electrons. The molecule has 0 atom stereocenters. The topological polar surface area (TPSA) is 62.2 Å². The van der Waals surface area contributed by atoms with E-state index in [0.717, 1.165) is 12.1 Å². The number of carboxylic acid groups (broad SMARTS) is 1. The maximum Gasteiger partial charge on any atom is 0.329 e. The Kier molecular flexibility index (Phi) is 2.11. The number of aliphatic carboxylic acids is 1. The summed E-state index contributed by atoms with van der Waals surface area (Å²) in [5.74, 6) is -0.763. The predicted molar refractivity (Wildman–Crippen MR) is 52.1 cm³/mol. The number of hydrogen-bond donors (Lipinski definition) is 2. The van der Waals surface area contributed by atoms with Crippen molar-refractivity contribution in [3.05, 3.63) is 24.5 Å². The lowest BCUT2D eigenvalue weighted by Crippen LogP contribution is -2.52. The molecule has 2 rings (SSSR count). The van der Waals surface area contributed by atoms with E-state index in [-0.39, 0.29) is 0 Å². The Balaban J connectivity index is 2.13. The minimum atomic E-state index is -0.763. The molecule has 1 fully saturated rings. The fourth-order valence-electron chi connectivity index (χ4n) is 1.63. The summed E-state index contributed by atoms with van der Waals surface area (Å²) in [6.45, 7) is 0. The Morgan fingerprint density at radius 1 is 1.43 bits per heavy atom. The van der Waals surface area contributed by atoms with Gasteiger partial charge in [-0.15, -0.1) is 0 Å². The lowest BCUT2D eigenvalue weighted by molar-refractivity contribution is -0.145. The van der Waals surface area contributed by atoms with Gasteiger partial charge in [-0.25, -0.2) is 4.79 Å². The van der Waals surface area contributed by atoms with Crippen molar-refractivity contribution in [1.29, 1.82) is 0 Å². The Labute approximate surface area is 82.0 Å². The normalized spacial score (nSPS) is 18.3. The van der Waals surface area contributed by atoms with Crippen LogP contribution < -0.4 is 5.32 Å². The molecule has 0 aliphatic heterocycles. The van der Waals surface area contributed by atoms with Crippen molar-refractivity contribution in [3.63, 3.8) is 0 Å². The van der Waals surface area contributed by atoms with Crippen LogP contribution in [0.25, 0.3) is 0 Å². The van der Waals surface area contributed by atoms with Crippen LogP contribution in [0, 0.1) is 0 Å². The molecule has 1 aromatic rings. The summed E-state index contributed by atoms with van der Waals surface area (Å²) in [4.78, 5) is 14.9. The van der Waals surface area contributed by atoms with Crippen molar-refractivity contribution in [2.75, 3.05) is 5.32 Å².